The molecule has 4 nitrogen and oxygen atoms in total. The molecule has 21 heavy (non-hydrogen) atoms. The van der Waals surface area contributed by atoms with Crippen LogP contribution in [0, 0.1) is 5.41 Å². The molecule has 0 unspecified atom stereocenters. The van der Waals surface area contributed by atoms with Gasteiger partial charge in [-0.1, -0.05) is 20.3 Å². The summed E-state index contributed by atoms with van der Waals surface area (Å²) in [6.45, 7) is 8.78. The Bertz CT molecular complexity index is 506. The van der Waals surface area contributed by atoms with Crippen LogP contribution in [0.2, 0.25) is 0 Å². The summed E-state index contributed by atoms with van der Waals surface area (Å²) in [4.78, 5) is 14.1. The second kappa shape index (κ2) is 6.37. The van der Waals surface area contributed by atoms with Crippen molar-refractivity contribution in [2.24, 2.45) is 5.41 Å². The molecule has 4 heteroatoms. The molecule has 0 amide bonds. The van der Waals surface area contributed by atoms with Gasteiger partial charge in [0.1, 0.15) is 0 Å². The molecule has 0 aliphatic carbocycles. The summed E-state index contributed by atoms with van der Waals surface area (Å²) < 4.78 is 5.06. The monoisotopic (exact) mass is 290 g/mol. The molecule has 1 aliphatic rings. The molecule has 0 saturated carbocycles. The highest BCUT2D eigenvalue weighted by molar-refractivity contribution is 5.92. The number of hydrogen-bond acceptors (Lipinski definition) is 4. The van der Waals surface area contributed by atoms with Crippen molar-refractivity contribution in [1.29, 1.82) is 0 Å². The van der Waals surface area contributed by atoms with Crippen molar-refractivity contribution in [3.63, 3.8) is 0 Å². The molecule has 1 aromatic carbocycles. The Kier molecular flexibility index (Phi) is 4.76. The van der Waals surface area contributed by atoms with Crippen LogP contribution in [0.4, 0.5) is 11.4 Å². The third-order valence-electron chi connectivity index (χ3n) is 4.71. The van der Waals surface area contributed by atoms with Gasteiger partial charge in [0.05, 0.1) is 23.5 Å². The highest BCUT2D eigenvalue weighted by Crippen LogP contribution is 2.37. The molecule has 0 radical (unpaired) electrons. The number of carbonyl (C=O) groups excluding carboxylic acids is 1. The lowest BCUT2D eigenvalue weighted by molar-refractivity contribution is 0.0526. The largest absolute Gasteiger partial charge is 0.462 e. The Morgan fingerprint density at radius 1 is 1.33 bits per heavy atom. The zero-order valence-electron chi connectivity index (χ0n) is 13.3. The first-order valence-corrected chi connectivity index (χ1v) is 7.80. The molecular weight excluding hydrogens is 264 g/mol. The van der Waals surface area contributed by atoms with E-state index in [1.807, 2.05) is 13.0 Å². The Morgan fingerprint density at radius 2 is 2.00 bits per heavy atom. The summed E-state index contributed by atoms with van der Waals surface area (Å²) in [7, 11) is 0. The third-order valence-corrected chi connectivity index (χ3v) is 4.71. The van der Waals surface area contributed by atoms with Crippen LogP contribution in [0.5, 0.6) is 0 Å². The summed E-state index contributed by atoms with van der Waals surface area (Å²) in [5.41, 5.74) is 8.79. The van der Waals surface area contributed by atoms with Gasteiger partial charge in [-0.2, -0.15) is 0 Å². The minimum Gasteiger partial charge on any atom is -0.462 e. The fourth-order valence-corrected chi connectivity index (χ4v) is 2.80. The van der Waals surface area contributed by atoms with Crippen molar-refractivity contribution in [2.75, 3.05) is 30.3 Å². The topological polar surface area (TPSA) is 55.6 Å². The van der Waals surface area contributed by atoms with Gasteiger partial charge < -0.3 is 15.4 Å². The van der Waals surface area contributed by atoms with Crippen molar-refractivity contribution in [3.8, 4) is 0 Å². The number of esters is 1. The standard InChI is InChI=1S/C17H26N2O2/c1-4-17(3)8-10-19(11-9-17)15-12-13(6-7-14(15)18)16(20)21-5-2/h6-7,12H,4-5,8-11,18H2,1-3H3. The molecular formula is C17H26N2O2. The van der Waals surface area contributed by atoms with E-state index in [1.165, 1.54) is 6.42 Å². The first-order valence-electron chi connectivity index (χ1n) is 7.80. The van der Waals surface area contributed by atoms with Crippen LogP contribution in [-0.4, -0.2) is 25.7 Å². The van der Waals surface area contributed by atoms with Gasteiger partial charge in [0.15, 0.2) is 0 Å². The molecule has 0 bridgehead atoms. The number of nitrogens with zero attached hydrogens (tertiary/aromatic N) is 1. The number of anilines is 2. The number of hydrogen-bond donors (Lipinski definition) is 1. The van der Waals surface area contributed by atoms with Gasteiger partial charge in [-0.15, -0.1) is 0 Å². The molecule has 116 valence electrons. The van der Waals surface area contributed by atoms with Crippen LogP contribution in [0.1, 0.15) is 50.4 Å². The highest BCUT2D eigenvalue weighted by Gasteiger charge is 2.29. The maximum Gasteiger partial charge on any atom is 0.338 e. The number of ether oxygens (including phenoxy) is 1. The number of benzene rings is 1. The van der Waals surface area contributed by atoms with E-state index < -0.39 is 0 Å². The van der Waals surface area contributed by atoms with E-state index in [2.05, 4.69) is 18.7 Å². The third kappa shape index (κ3) is 3.49. The Hall–Kier alpha value is -1.71. The van der Waals surface area contributed by atoms with Crippen molar-refractivity contribution in [3.05, 3.63) is 23.8 Å². The molecule has 1 aliphatic heterocycles. The van der Waals surface area contributed by atoms with Gasteiger partial charge in [0.2, 0.25) is 0 Å². The Balaban J connectivity index is 2.16. The number of piperidine rings is 1. The average Bonchev–Trinajstić information content (AvgIpc) is 2.49. The van der Waals surface area contributed by atoms with Crippen LogP contribution in [0.25, 0.3) is 0 Å². The summed E-state index contributed by atoms with van der Waals surface area (Å²) in [5, 5.41) is 0. The molecule has 0 aromatic heterocycles. The van der Waals surface area contributed by atoms with Gasteiger partial charge in [-0.3, -0.25) is 0 Å². The van der Waals surface area contributed by atoms with Gasteiger partial charge in [-0.25, -0.2) is 4.79 Å². The maximum absolute atomic E-state index is 11.9. The SMILES string of the molecule is CCOC(=O)c1ccc(N)c(N2CCC(C)(CC)CC2)c1. The predicted octanol–water partition coefficient (Wildman–Crippen LogP) is 3.46. The van der Waals surface area contributed by atoms with Crippen molar-refractivity contribution in [2.45, 2.75) is 40.0 Å². The van der Waals surface area contributed by atoms with Crippen LogP contribution in [0.3, 0.4) is 0 Å². The van der Waals surface area contributed by atoms with Gasteiger partial charge >= 0.3 is 5.97 Å². The van der Waals surface area contributed by atoms with Crippen LogP contribution in [0.15, 0.2) is 18.2 Å². The van der Waals surface area contributed by atoms with Gasteiger partial charge in [-0.05, 0) is 43.4 Å². The highest BCUT2D eigenvalue weighted by atomic mass is 16.5. The predicted molar refractivity (Wildman–Crippen MR) is 86.7 cm³/mol. The van der Waals surface area contributed by atoms with Crippen molar-refractivity contribution < 1.29 is 9.53 Å². The van der Waals surface area contributed by atoms with E-state index in [0.29, 0.717) is 17.6 Å². The first kappa shape index (κ1) is 15.7. The molecule has 2 N–H and O–H groups in total. The van der Waals surface area contributed by atoms with E-state index in [4.69, 9.17) is 10.5 Å². The molecule has 1 saturated heterocycles. The van der Waals surface area contributed by atoms with Crippen LogP contribution in [-0.2, 0) is 4.74 Å². The molecule has 1 aromatic rings. The molecule has 0 spiro atoms. The second-order valence-electron chi connectivity index (χ2n) is 6.15. The lowest BCUT2D eigenvalue weighted by Crippen LogP contribution is -2.38. The summed E-state index contributed by atoms with van der Waals surface area (Å²) in [5.74, 6) is -0.283. The number of rotatable bonds is 4. The molecule has 1 heterocycles. The quantitative estimate of drug-likeness (QED) is 0.681. The van der Waals surface area contributed by atoms with E-state index in [1.54, 1.807) is 12.1 Å². The first-order chi connectivity index (χ1) is 9.99. The van der Waals surface area contributed by atoms with Crippen molar-refractivity contribution >= 4 is 17.3 Å². The molecule has 1 fully saturated rings. The molecule has 0 atom stereocenters. The van der Waals surface area contributed by atoms with E-state index in [0.717, 1.165) is 37.3 Å². The summed E-state index contributed by atoms with van der Waals surface area (Å²) >= 11 is 0. The minimum absolute atomic E-state index is 0.283. The fraction of sp³-hybridized carbons (Fsp3) is 0.588. The second-order valence-corrected chi connectivity index (χ2v) is 6.15. The smallest absolute Gasteiger partial charge is 0.338 e. The van der Waals surface area contributed by atoms with Gasteiger partial charge in [0, 0.05) is 13.1 Å². The zero-order valence-corrected chi connectivity index (χ0v) is 13.3. The number of nitrogens with two attached hydrogens (primary N) is 1. The maximum atomic E-state index is 11.9. The number of carbonyl (C=O) groups is 1. The lowest BCUT2D eigenvalue weighted by atomic mass is 9.78. The normalized spacial score (nSPS) is 17.6. The summed E-state index contributed by atoms with van der Waals surface area (Å²) in [6, 6.07) is 5.40. The minimum atomic E-state index is -0.283. The lowest BCUT2D eigenvalue weighted by Gasteiger charge is -2.40. The fourth-order valence-electron chi connectivity index (χ4n) is 2.80. The Morgan fingerprint density at radius 3 is 2.57 bits per heavy atom. The molecule has 2 rings (SSSR count). The number of nitrogen functional groups attached to an aromatic ring is 1. The van der Waals surface area contributed by atoms with Crippen LogP contribution >= 0.6 is 0 Å². The van der Waals surface area contributed by atoms with Crippen molar-refractivity contribution in [1.82, 2.24) is 0 Å². The Labute approximate surface area is 127 Å². The zero-order chi connectivity index (χ0) is 15.5. The van der Waals surface area contributed by atoms with Gasteiger partial charge in [0.25, 0.3) is 0 Å². The summed E-state index contributed by atoms with van der Waals surface area (Å²) in [6.07, 6.45) is 3.53. The average molecular weight is 290 g/mol. The van der Waals surface area contributed by atoms with E-state index >= 15 is 0 Å². The van der Waals surface area contributed by atoms with Crippen LogP contribution < -0.4 is 10.6 Å². The van der Waals surface area contributed by atoms with E-state index in [-0.39, 0.29) is 5.97 Å². The van der Waals surface area contributed by atoms with E-state index in [9.17, 15) is 4.79 Å².